The third-order valence-corrected chi connectivity index (χ3v) is 6.34. The highest BCUT2D eigenvalue weighted by Crippen LogP contribution is 2.35. The molecule has 0 aromatic heterocycles. The molecule has 3 amide bonds. The lowest BCUT2D eigenvalue weighted by Crippen LogP contribution is -2.48. The van der Waals surface area contributed by atoms with Gasteiger partial charge in [-0.2, -0.15) is 0 Å². The van der Waals surface area contributed by atoms with Crippen LogP contribution in [0, 0.1) is 0 Å². The monoisotopic (exact) mass is 531 g/mol. The molecule has 37 heavy (non-hydrogen) atoms. The fourth-order valence-electron chi connectivity index (χ4n) is 3.71. The maximum Gasteiger partial charge on any atom is 0.240 e. The summed E-state index contributed by atoms with van der Waals surface area (Å²) in [7, 11) is -1.83. The predicted octanol–water partition coefficient (Wildman–Crippen LogP) is 1.82. The number of hydrogen-bond donors (Lipinski definition) is 2. The highest BCUT2D eigenvalue weighted by molar-refractivity contribution is 7.86. The van der Waals surface area contributed by atoms with E-state index in [2.05, 4.69) is 10.6 Å². The molecule has 2 aromatic carbocycles. The van der Waals surface area contributed by atoms with E-state index in [-0.39, 0.29) is 19.2 Å². The van der Waals surface area contributed by atoms with Gasteiger partial charge in [0, 0.05) is 39.8 Å². The predicted molar refractivity (Wildman–Crippen MR) is 137 cm³/mol. The van der Waals surface area contributed by atoms with Gasteiger partial charge in [0.15, 0.2) is 23.0 Å². The molecular formula is C25H29N3O8S. The summed E-state index contributed by atoms with van der Waals surface area (Å²) >= 11 is 0. The van der Waals surface area contributed by atoms with Crippen LogP contribution in [0.15, 0.2) is 36.4 Å². The maximum absolute atomic E-state index is 13.2. The molecule has 2 aliphatic heterocycles. The van der Waals surface area contributed by atoms with E-state index in [0.29, 0.717) is 47.6 Å². The molecule has 2 heterocycles. The van der Waals surface area contributed by atoms with Crippen molar-refractivity contribution in [1.82, 2.24) is 5.32 Å². The molecule has 0 spiro atoms. The van der Waals surface area contributed by atoms with Crippen LogP contribution in [-0.4, -0.2) is 65.5 Å². The molecule has 1 atom stereocenters. The molecule has 0 unspecified atom stereocenters. The summed E-state index contributed by atoms with van der Waals surface area (Å²) in [6.07, 6.45) is 0. The number of rotatable bonds is 8. The lowest BCUT2D eigenvalue weighted by molar-refractivity contribution is -0.124. The molecule has 0 radical (unpaired) electrons. The molecule has 11 nitrogen and oxygen atoms in total. The van der Waals surface area contributed by atoms with E-state index in [1.165, 1.54) is 4.90 Å². The molecule has 4 rings (SSSR count). The van der Waals surface area contributed by atoms with Crippen LogP contribution in [0.2, 0.25) is 0 Å². The third kappa shape index (κ3) is 7.13. The zero-order valence-corrected chi connectivity index (χ0v) is 21.6. The van der Waals surface area contributed by atoms with Crippen molar-refractivity contribution in [3.8, 4) is 23.0 Å². The van der Waals surface area contributed by atoms with E-state index in [4.69, 9.17) is 18.9 Å². The Morgan fingerprint density at radius 1 is 0.865 bits per heavy atom. The molecule has 12 heteroatoms. The van der Waals surface area contributed by atoms with Gasteiger partial charge in [0.1, 0.15) is 31.3 Å². The van der Waals surface area contributed by atoms with Crippen molar-refractivity contribution in [3.05, 3.63) is 36.4 Å². The summed E-state index contributed by atoms with van der Waals surface area (Å²) < 4.78 is 34.4. The summed E-state index contributed by atoms with van der Waals surface area (Å²) in [6, 6.07) is 9.79. The number of anilines is 2. The first-order chi connectivity index (χ1) is 17.6. The summed E-state index contributed by atoms with van der Waals surface area (Å²) in [5.41, 5.74) is 0.336. The minimum Gasteiger partial charge on any atom is -0.486 e. The Labute approximate surface area is 216 Å². The Kier molecular flexibility index (Phi) is 7.86. The molecule has 0 saturated heterocycles. The largest absolute Gasteiger partial charge is 0.486 e. The van der Waals surface area contributed by atoms with Crippen LogP contribution in [-0.2, 0) is 25.2 Å². The van der Waals surface area contributed by atoms with E-state index in [0.717, 1.165) is 0 Å². The van der Waals surface area contributed by atoms with Crippen LogP contribution in [0.1, 0.15) is 20.8 Å². The molecule has 2 aliphatic rings. The lowest BCUT2D eigenvalue weighted by Gasteiger charge is -2.27. The highest BCUT2D eigenvalue weighted by Gasteiger charge is 2.26. The van der Waals surface area contributed by atoms with E-state index in [1.54, 1.807) is 36.4 Å². The third-order valence-electron chi connectivity index (χ3n) is 5.19. The van der Waals surface area contributed by atoms with Crippen LogP contribution in [0.3, 0.4) is 0 Å². The lowest BCUT2D eigenvalue weighted by atomic mass is 10.1. The number of carbonyl (C=O) groups excluding carboxylic acids is 3. The highest BCUT2D eigenvalue weighted by atomic mass is 32.2. The first kappa shape index (κ1) is 26.3. The zero-order valence-electron chi connectivity index (χ0n) is 20.8. The second-order valence-corrected chi connectivity index (χ2v) is 10.9. The minimum atomic E-state index is -1.83. The number of carbonyl (C=O) groups is 3. The van der Waals surface area contributed by atoms with Crippen molar-refractivity contribution in [2.45, 2.75) is 26.3 Å². The Hall–Kier alpha value is -3.80. The van der Waals surface area contributed by atoms with E-state index in [1.807, 2.05) is 20.8 Å². The second kappa shape index (κ2) is 11.1. The molecule has 198 valence electrons. The first-order valence-electron chi connectivity index (χ1n) is 11.6. The fraction of sp³-hybridized carbons (Fsp3) is 0.400. The first-order valence-corrected chi connectivity index (χ1v) is 13.1. The zero-order chi connectivity index (χ0) is 26.6. The average molecular weight is 532 g/mol. The van der Waals surface area contributed by atoms with Crippen LogP contribution in [0.4, 0.5) is 11.4 Å². The average Bonchev–Trinajstić information content (AvgIpc) is 3.28. The number of ether oxygens (including phenoxy) is 4. The molecule has 0 aliphatic carbocycles. The maximum atomic E-state index is 13.2. The number of hydrogen-bond acceptors (Lipinski definition) is 8. The van der Waals surface area contributed by atoms with E-state index < -0.39 is 39.7 Å². The van der Waals surface area contributed by atoms with Crippen LogP contribution >= 0.6 is 0 Å². The van der Waals surface area contributed by atoms with Gasteiger partial charge in [-0.15, -0.1) is 0 Å². The van der Waals surface area contributed by atoms with Crippen LogP contribution < -0.4 is 34.5 Å². The number of amides is 3. The van der Waals surface area contributed by atoms with Crippen LogP contribution in [0.5, 0.6) is 23.0 Å². The Bertz CT molecular complexity index is 1230. The second-order valence-electron chi connectivity index (χ2n) is 9.45. The summed E-state index contributed by atoms with van der Waals surface area (Å²) in [5.74, 6) is -0.292. The summed E-state index contributed by atoms with van der Waals surface area (Å²) in [6.45, 7) is 6.06. The van der Waals surface area contributed by atoms with Gasteiger partial charge in [-0.25, -0.2) is 0 Å². The van der Waals surface area contributed by atoms with Gasteiger partial charge >= 0.3 is 0 Å². The van der Waals surface area contributed by atoms with Gasteiger partial charge in [-0.1, -0.05) is 0 Å². The molecule has 2 N–H and O–H groups in total. The van der Waals surface area contributed by atoms with Gasteiger partial charge in [-0.3, -0.25) is 18.6 Å². The summed E-state index contributed by atoms with van der Waals surface area (Å²) in [4.78, 5) is 39.5. The van der Waals surface area contributed by atoms with E-state index in [9.17, 15) is 18.6 Å². The molecular weight excluding hydrogens is 502 g/mol. The van der Waals surface area contributed by atoms with Gasteiger partial charge in [-0.05, 0) is 45.0 Å². The number of nitrogens with one attached hydrogen (secondary N) is 2. The topological polar surface area (TPSA) is 133 Å². The molecule has 0 bridgehead atoms. The van der Waals surface area contributed by atoms with Crippen molar-refractivity contribution in [2.75, 3.05) is 48.3 Å². The summed E-state index contributed by atoms with van der Waals surface area (Å²) in [5, 5.41) is 5.46. The van der Waals surface area contributed by atoms with Crippen molar-refractivity contribution in [2.24, 2.45) is 0 Å². The number of nitrogens with zero attached hydrogens (tertiary/aromatic N) is 1. The Morgan fingerprint density at radius 3 is 2.27 bits per heavy atom. The van der Waals surface area contributed by atoms with Crippen molar-refractivity contribution >= 4 is 39.9 Å². The van der Waals surface area contributed by atoms with Gasteiger partial charge < -0.3 is 34.5 Å². The standard InChI is InChI=1S/C25H29N3O8S/c1-25(2,3)27-22(29)12-28(17-5-7-18-21(11-17)34-9-8-33-18)24(31)14-37(32)13-23(30)26-16-4-6-19-20(10-16)36-15-35-19/h4-7,10-11H,8-9,12-15H2,1-3H3,(H,26,30)(H,27,29)/t37-/m0/s1. The van der Waals surface area contributed by atoms with Gasteiger partial charge in [0.25, 0.3) is 0 Å². The van der Waals surface area contributed by atoms with Crippen molar-refractivity contribution in [3.63, 3.8) is 0 Å². The molecule has 0 saturated carbocycles. The number of benzene rings is 2. The SMILES string of the molecule is CC(C)(C)NC(=O)CN(C(=O)C[S@@](=O)CC(=O)Nc1ccc2c(c1)OCO2)c1ccc2c(c1)OCCO2. The smallest absolute Gasteiger partial charge is 0.240 e. The van der Waals surface area contributed by atoms with Crippen molar-refractivity contribution < 1.29 is 37.5 Å². The Morgan fingerprint density at radius 2 is 1.51 bits per heavy atom. The Balaban J connectivity index is 1.42. The molecule has 2 aromatic rings. The fourth-order valence-corrected chi connectivity index (χ4v) is 4.61. The van der Waals surface area contributed by atoms with Gasteiger partial charge in [0.05, 0.1) is 0 Å². The number of fused-ring (bicyclic) bond motifs is 2. The minimum absolute atomic E-state index is 0.104. The quantitative estimate of drug-likeness (QED) is 0.527. The van der Waals surface area contributed by atoms with Gasteiger partial charge in [0.2, 0.25) is 24.5 Å². The molecule has 0 fully saturated rings. The van der Waals surface area contributed by atoms with E-state index >= 15 is 0 Å². The van der Waals surface area contributed by atoms with Crippen LogP contribution in [0.25, 0.3) is 0 Å². The normalized spacial score (nSPS) is 14.5. The van der Waals surface area contributed by atoms with Crippen molar-refractivity contribution in [1.29, 1.82) is 0 Å².